The highest BCUT2D eigenvalue weighted by atomic mass is 16.5. The van der Waals surface area contributed by atoms with Crippen molar-refractivity contribution in [1.82, 2.24) is 0 Å². The fourth-order valence-corrected chi connectivity index (χ4v) is 2.75. The van der Waals surface area contributed by atoms with Crippen LogP contribution in [0.2, 0.25) is 0 Å². The minimum Gasteiger partial charge on any atom is -0.497 e. The van der Waals surface area contributed by atoms with Gasteiger partial charge in [-0.2, -0.15) is 0 Å². The molecule has 0 saturated carbocycles. The molecule has 25 heavy (non-hydrogen) atoms. The van der Waals surface area contributed by atoms with Gasteiger partial charge in [0.2, 0.25) is 5.55 Å². The molecular formula is C22H17NO2. The van der Waals surface area contributed by atoms with E-state index in [1.54, 1.807) is 7.11 Å². The number of rotatable bonds is 3. The summed E-state index contributed by atoms with van der Waals surface area (Å²) < 4.78 is 11.3. The summed E-state index contributed by atoms with van der Waals surface area (Å²) in [6, 6.07) is 27.8. The van der Waals surface area contributed by atoms with Crippen molar-refractivity contribution in [2.24, 2.45) is 4.99 Å². The molecule has 0 radical (unpaired) electrons. The van der Waals surface area contributed by atoms with Gasteiger partial charge in [-0.15, -0.1) is 0 Å². The fourth-order valence-electron chi connectivity index (χ4n) is 2.75. The first kappa shape index (κ1) is 15.2. The lowest BCUT2D eigenvalue weighted by Gasteiger charge is -2.05. The molecule has 0 spiro atoms. The van der Waals surface area contributed by atoms with Gasteiger partial charge in [0.15, 0.2) is 0 Å². The van der Waals surface area contributed by atoms with Crippen molar-refractivity contribution in [2.75, 3.05) is 7.11 Å². The summed E-state index contributed by atoms with van der Waals surface area (Å²) in [4.78, 5) is 4.71. The topological polar surface area (TPSA) is 34.7 Å². The van der Waals surface area contributed by atoms with Gasteiger partial charge < -0.3 is 9.15 Å². The molecule has 0 saturated heterocycles. The number of methoxy groups -OCH3 is 1. The van der Waals surface area contributed by atoms with Crippen molar-refractivity contribution in [3.63, 3.8) is 0 Å². The summed E-state index contributed by atoms with van der Waals surface area (Å²) in [6.07, 6.45) is 0. The van der Waals surface area contributed by atoms with Crippen LogP contribution < -0.4 is 10.3 Å². The summed E-state index contributed by atoms with van der Waals surface area (Å²) in [5.41, 5.74) is 2.45. The van der Waals surface area contributed by atoms with E-state index in [1.807, 2.05) is 72.8 Å². The van der Waals surface area contributed by atoms with Crippen molar-refractivity contribution in [2.45, 2.75) is 0 Å². The van der Waals surface area contributed by atoms with Crippen molar-refractivity contribution in [3.8, 4) is 17.1 Å². The molecule has 4 rings (SSSR count). The molecule has 3 heteroatoms. The number of fused-ring (bicyclic) bond motifs is 1. The molecular weight excluding hydrogens is 310 g/mol. The van der Waals surface area contributed by atoms with E-state index in [-0.39, 0.29) is 0 Å². The highest BCUT2D eigenvalue weighted by Crippen LogP contribution is 2.23. The Balaban J connectivity index is 1.93. The minimum atomic E-state index is 0.599. The van der Waals surface area contributed by atoms with Gasteiger partial charge in [0.05, 0.1) is 12.8 Å². The lowest BCUT2D eigenvalue weighted by molar-refractivity contribution is 0.415. The van der Waals surface area contributed by atoms with Crippen LogP contribution in [0.25, 0.3) is 22.1 Å². The Morgan fingerprint density at radius 3 is 2.28 bits per heavy atom. The second-order valence-corrected chi connectivity index (χ2v) is 5.68. The molecule has 0 atom stereocenters. The van der Waals surface area contributed by atoms with Crippen molar-refractivity contribution >= 4 is 16.5 Å². The van der Waals surface area contributed by atoms with Crippen LogP contribution >= 0.6 is 0 Å². The van der Waals surface area contributed by atoms with Gasteiger partial charge in [0.1, 0.15) is 11.5 Å². The molecule has 0 aliphatic rings. The zero-order chi connectivity index (χ0) is 17.1. The second kappa shape index (κ2) is 6.65. The number of benzene rings is 3. The van der Waals surface area contributed by atoms with Gasteiger partial charge in [0, 0.05) is 10.9 Å². The number of ether oxygens (including phenoxy) is 1. The smallest absolute Gasteiger partial charge is 0.227 e. The molecule has 1 aromatic heterocycles. The third-order valence-corrected chi connectivity index (χ3v) is 4.05. The average molecular weight is 327 g/mol. The summed E-state index contributed by atoms with van der Waals surface area (Å²) in [6.45, 7) is 0. The predicted molar refractivity (Wildman–Crippen MR) is 99.9 cm³/mol. The van der Waals surface area contributed by atoms with Gasteiger partial charge in [0.25, 0.3) is 0 Å². The molecule has 1 heterocycles. The van der Waals surface area contributed by atoms with Crippen molar-refractivity contribution in [3.05, 3.63) is 90.5 Å². The largest absolute Gasteiger partial charge is 0.497 e. The first-order valence-electron chi connectivity index (χ1n) is 8.10. The average Bonchev–Trinajstić information content (AvgIpc) is 2.69. The third-order valence-electron chi connectivity index (χ3n) is 4.05. The van der Waals surface area contributed by atoms with Gasteiger partial charge in [-0.3, -0.25) is 0 Å². The SMILES string of the molecule is COc1ccc(N=c2oc(-c3ccccc3)cc3ccccc23)cc1. The van der Waals surface area contributed by atoms with E-state index >= 15 is 0 Å². The minimum absolute atomic E-state index is 0.599. The molecule has 0 aliphatic carbocycles. The van der Waals surface area contributed by atoms with Crippen LogP contribution in [-0.4, -0.2) is 7.11 Å². The van der Waals surface area contributed by atoms with Crippen LogP contribution in [0.15, 0.2) is 94.3 Å². The molecule has 3 nitrogen and oxygen atoms in total. The normalized spacial score (nSPS) is 11.6. The van der Waals surface area contributed by atoms with Crippen LogP contribution in [0.3, 0.4) is 0 Å². The highest BCUT2D eigenvalue weighted by Gasteiger charge is 2.05. The Kier molecular flexibility index (Phi) is 4.05. The fraction of sp³-hybridized carbons (Fsp3) is 0.0455. The lowest BCUT2D eigenvalue weighted by Crippen LogP contribution is -2.03. The molecule has 0 aliphatic heterocycles. The summed E-state index contributed by atoms with van der Waals surface area (Å²) in [5, 5.41) is 2.08. The maximum atomic E-state index is 6.14. The summed E-state index contributed by atoms with van der Waals surface area (Å²) in [7, 11) is 1.65. The Hall–Kier alpha value is -3.33. The molecule has 3 aromatic carbocycles. The quantitative estimate of drug-likeness (QED) is 0.509. The number of nitrogens with zero attached hydrogens (tertiary/aromatic N) is 1. The maximum Gasteiger partial charge on any atom is 0.227 e. The molecule has 4 aromatic rings. The molecule has 0 unspecified atom stereocenters. The molecule has 122 valence electrons. The second-order valence-electron chi connectivity index (χ2n) is 5.68. The monoisotopic (exact) mass is 327 g/mol. The van der Waals surface area contributed by atoms with E-state index in [2.05, 4.69) is 12.1 Å². The van der Waals surface area contributed by atoms with Crippen LogP contribution in [0.1, 0.15) is 0 Å². The predicted octanol–water partition coefficient (Wildman–Crippen LogP) is 5.34. The van der Waals surface area contributed by atoms with Gasteiger partial charge >= 0.3 is 0 Å². The van der Waals surface area contributed by atoms with E-state index in [4.69, 9.17) is 14.1 Å². The Labute approximate surface area is 145 Å². The van der Waals surface area contributed by atoms with E-state index in [0.29, 0.717) is 5.55 Å². The van der Waals surface area contributed by atoms with Crippen molar-refractivity contribution in [1.29, 1.82) is 0 Å². The lowest BCUT2D eigenvalue weighted by atomic mass is 10.1. The van der Waals surface area contributed by atoms with Gasteiger partial charge in [-0.1, -0.05) is 48.5 Å². The summed E-state index contributed by atoms with van der Waals surface area (Å²) >= 11 is 0. The van der Waals surface area contributed by atoms with Crippen LogP contribution in [0.4, 0.5) is 5.69 Å². The standard InChI is InChI=1S/C22H17NO2/c1-24-19-13-11-18(12-14-19)23-22-20-10-6-5-9-17(20)15-21(25-22)16-7-3-2-4-8-16/h2-15H,1H3. The molecule has 0 N–H and O–H groups in total. The Morgan fingerprint density at radius 2 is 1.52 bits per heavy atom. The van der Waals surface area contributed by atoms with E-state index in [9.17, 15) is 0 Å². The van der Waals surface area contributed by atoms with Crippen LogP contribution in [-0.2, 0) is 0 Å². The van der Waals surface area contributed by atoms with Crippen LogP contribution in [0, 0.1) is 0 Å². The molecule has 0 bridgehead atoms. The number of hydrogen-bond acceptors (Lipinski definition) is 3. The van der Waals surface area contributed by atoms with Crippen molar-refractivity contribution < 1.29 is 9.15 Å². The highest BCUT2D eigenvalue weighted by molar-refractivity contribution is 5.84. The van der Waals surface area contributed by atoms with Gasteiger partial charge in [-0.25, -0.2) is 4.99 Å². The zero-order valence-electron chi connectivity index (χ0n) is 13.8. The Morgan fingerprint density at radius 1 is 0.800 bits per heavy atom. The first-order valence-corrected chi connectivity index (χ1v) is 8.10. The summed E-state index contributed by atoms with van der Waals surface area (Å²) in [5.74, 6) is 1.60. The Bertz CT molecular complexity index is 1060. The van der Waals surface area contributed by atoms with Gasteiger partial charge in [-0.05, 0) is 41.8 Å². The maximum absolute atomic E-state index is 6.14. The molecule has 0 amide bonds. The van der Waals surface area contributed by atoms with Crippen LogP contribution in [0.5, 0.6) is 5.75 Å². The van der Waals surface area contributed by atoms with E-state index < -0.39 is 0 Å². The third kappa shape index (κ3) is 3.17. The zero-order valence-corrected chi connectivity index (χ0v) is 13.8. The first-order chi connectivity index (χ1) is 12.3. The van der Waals surface area contributed by atoms with E-state index in [1.165, 1.54) is 0 Å². The molecule has 0 fully saturated rings. The number of hydrogen-bond donors (Lipinski definition) is 0. The van der Waals surface area contributed by atoms with E-state index in [0.717, 1.165) is 33.5 Å².